The van der Waals surface area contributed by atoms with Gasteiger partial charge in [-0.05, 0) is 46.2 Å². The van der Waals surface area contributed by atoms with Crippen LogP contribution in [0.4, 0.5) is 5.95 Å². The van der Waals surface area contributed by atoms with Gasteiger partial charge in [-0.3, -0.25) is 0 Å². The van der Waals surface area contributed by atoms with Crippen LogP contribution in [0.15, 0.2) is 18.3 Å². The van der Waals surface area contributed by atoms with Crippen LogP contribution in [0.5, 0.6) is 0 Å². The number of anilines is 1. The summed E-state index contributed by atoms with van der Waals surface area (Å²) in [5.74, 6) is 0.947. The molecule has 0 saturated heterocycles. The summed E-state index contributed by atoms with van der Waals surface area (Å²) >= 11 is 1.83. The molecular formula is C16H25N3OS. The van der Waals surface area contributed by atoms with E-state index in [0.717, 1.165) is 37.8 Å². The molecule has 0 radical (unpaired) electrons. The van der Waals surface area contributed by atoms with Gasteiger partial charge in [-0.15, -0.1) is 11.3 Å². The Morgan fingerprint density at radius 2 is 2.19 bits per heavy atom. The third-order valence-electron chi connectivity index (χ3n) is 3.32. The SMILES string of the molecule is CCOCCCn1cc(C)nc1NC(C)c1ccc(C)s1. The molecule has 2 heterocycles. The average molecular weight is 307 g/mol. The molecule has 0 aliphatic rings. The normalized spacial score (nSPS) is 12.6. The van der Waals surface area contributed by atoms with Crippen molar-refractivity contribution in [2.75, 3.05) is 18.5 Å². The number of imidazole rings is 1. The fourth-order valence-corrected chi connectivity index (χ4v) is 3.14. The van der Waals surface area contributed by atoms with Crippen LogP contribution in [0.2, 0.25) is 0 Å². The third kappa shape index (κ3) is 4.58. The van der Waals surface area contributed by atoms with Crippen molar-refractivity contribution in [1.29, 1.82) is 0 Å². The molecule has 2 aromatic heterocycles. The lowest BCUT2D eigenvalue weighted by atomic mass is 10.3. The van der Waals surface area contributed by atoms with Crippen molar-refractivity contribution in [3.8, 4) is 0 Å². The van der Waals surface area contributed by atoms with Crippen LogP contribution in [0, 0.1) is 13.8 Å². The minimum atomic E-state index is 0.274. The van der Waals surface area contributed by atoms with E-state index >= 15 is 0 Å². The van der Waals surface area contributed by atoms with Gasteiger partial charge >= 0.3 is 0 Å². The second kappa shape index (κ2) is 7.61. The number of hydrogen-bond donors (Lipinski definition) is 1. The van der Waals surface area contributed by atoms with E-state index in [1.165, 1.54) is 9.75 Å². The number of nitrogens with zero attached hydrogens (tertiary/aromatic N) is 2. The van der Waals surface area contributed by atoms with Crippen LogP contribution in [0.3, 0.4) is 0 Å². The van der Waals surface area contributed by atoms with E-state index in [2.05, 4.69) is 47.0 Å². The third-order valence-corrected chi connectivity index (χ3v) is 4.51. The highest BCUT2D eigenvalue weighted by molar-refractivity contribution is 7.12. The molecule has 0 amide bonds. The van der Waals surface area contributed by atoms with Crippen molar-refractivity contribution in [2.45, 2.75) is 46.7 Å². The first kappa shape index (κ1) is 16.0. The Morgan fingerprint density at radius 1 is 1.38 bits per heavy atom. The summed E-state index contributed by atoms with van der Waals surface area (Å²) in [7, 11) is 0. The standard InChI is InChI=1S/C16H25N3OS/c1-5-20-10-6-9-19-11-12(2)17-16(19)18-14(4)15-8-7-13(3)21-15/h7-8,11,14H,5-6,9-10H2,1-4H3,(H,17,18). The summed E-state index contributed by atoms with van der Waals surface area (Å²) < 4.78 is 7.59. The number of aryl methyl sites for hydroxylation is 3. The maximum absolute atomic E-state index is 5.40. The molecule has 116 valence electrons. The second-order valence-corrected chi connectivity index (χ2v) is 6.58. The van der Waals surface area contributed by atoms with E-state index in [1.54, 1.807) is 0 Å². The summed E-state index contributed by atoms with van der Waals surface area (Å²) in [6.45, 7) is 10.9. The summed E-state index contributed by atoms with van der Waals surface area (Å²) in [4.78, 5) is 7.28. The summed E-state index contributed by atoms with van der Waals surface area (Å²) in [5.41, 5.74) is 1.04. The van der Waals surface area contributed by atoms with Gasteiger partial charge in [0.05, 0.1) is 11.7 Å². The zero-order valence-electron chi connectivity index (χ0n) is 13.3. The van der Waals surface area contributed by atoms with Crippen LogP contribution in [0.25, 0.3) is 0 Å². The van der Waals surface area contributed by atoms with Crippen LogP contribution in [0.1, 0.15) is 41.8 Å². The Labute approximate surface area is 131 Å². The Bertz CT molecular complexity index is 562. The van der Waals surface area contributed by atoms with Gasteiger partial charge in [0.25, 0.3) is 0 Å². The van der Waals surface area contributed by atoms with Crippen molar-refractivity contribution in [3.63, 3.8) is 0 Å². The summed E-state index contributed by atoms with van der Waals surface area (Å²) in [5, 5.41) is 3.52. The fourth-order valence-electron chi connectivity index (χ4n) is 2.26. The molecule has 1 atom stereocenters. The smallest absolute Gasteiger partial charge is 0.203 e. The van der Waals surface area contributed by atoms with Gasteiger partial charge in [0.15, 0.2) is 0 Å². The van der Waals surface area contributed by atoms with E-state index < -0.39 is 0 Å². The quantitative estimate of drug-likeness (QED) is 0.744. The van der Waals surface area contributed by atoms with Crippen LogP contribution in [-0.2, 0) is 11.3 Å². The number of hydrogen-bond acceptors (Lipinski definition) is 4. The highest BCUT2D eigenvalue weighted by atomic mass is 32.1. The van der Waals surface area contributed by atoms with E-state index in [1.807, 2.05) is 25.2 Å². The van der Waals surface area contributed by atoms with Crippen molar-refractivity contribution in [2.24, 2.45) is 0 Å². The number of nitrogens with one attached hydrogen (secondary N) is 1. The molecule has 5 heteroatoms. The molecule has 0 aromatic carbocycles. The zero-order chi connectivity index (χ0) is 15.2. The maximum Gasteiger partial charge on any atom is 0.203 e. The molecule has 0 aliphatic carbocycles. The van der Waals surface area contributed by atoms with E-state index in [-0.39, 0.29) is 6.04 Å². The van der Waals surface area contributed by atoms with Crippen molar-refractivity contribution < 1.29 is 4.74 Å². The number of thiophene rings is 1. The average Bonchev–Trinajstić information content (AvgIpc) is 3.01. The predicted molar refractivity (Wildman–Crippen MR) is 89.2 cm³/mol. The summed E-state index contributed by atoms with van der Waals surface area (Å²) in [6.07, 6.45) is 3.10. The highest BCUT2D eigenvalue weighted by Crippen LogP contribution is 2.25. The van der Waals surface area contributed by atoms with Crippen molar-refractivity contribution in [1.82, 2.24) is 9.55 Å². The molecule has 0 saturated carbocycles. The Hall–Kier alpha value is -1.33. The summed E-state index contributed by atoms with van der Waals surface area (Å²) in [6, 6.07) is 4.63. The minimum absolute atomic E-state index is 0.274. The molecule has 1 N–H and O–H groups in total. The van der Waals surface area contributed by atoms with Gasteiger partial charge < -0.3 is 14.6 Å². The molecule has 0 aliphatic heterocycles. The largest absolute Gasteiger partial charge is 0.382 e. The Morgan fingerprint density at radius 3 is 2.86 bits per heavy atom. The lowest BCUT2D eigenvalue weighted by Gasteiger charge is -2.15. The Balaban J connectivity index is 1.98. The van der Waals surface area contributed by atoms with Gasteiger partial charge in [-0.2, -0.15) is 0 Å². The molecule has 2 rings (SSSR count). The van der Waals surface area contributed by atoms with E-state index in [0.29, 0.717) is 0 Å². The van der Waals surface area contributed by atoms with E-state index in [4.69, 9.17) is 4.74 Å². The van der Waals surface area contributed by atoms with Gasteiger partial charge in [0.2, 0.25) is 5.95 Å². The number of ether oxygens (including phenoxy) is 1. The predicted octanol–water partition coefficient (Wildman–Crippen LogP) is 4.16. The first-order valence-corrected chi connectivity index (χ1v) is 8.36. The molecule has 0 bridgehead atoms. The zero-order valence-corrected chi connectivity index (χ0v) is 14.2. The van der Waals surface area contributed by atoms with Gasteiger partial charge in [0, 0.05) is 35.7 Å². The first-order valence-electron chi connectivity index (χ1n) is 7.54. The van der Waals surface area contributed by atoms with Gasteiger partial charge in [0.1, 0.15) is 0 Å². The molecule has 0 spiro atoms. The lowest BCUT2D eigenvalue weighted by molar-refractivity contribution is 0.142. The monoisotopic (exact) mass is 307 g/mol. The molecule has 2 aromatic rings. The van der Waals surface area contributed by atoms with Crippen LogP contribution >= 0.6 is 11.3 Å². The second-order valence-electron chi connectivity index (χ2n) is 5.26. The van der Waals surface area contributed by atoms with Gasteiger partial charge in [-0.1, -0.05) is 0 Å². The number of rotatable bonds is 8. The topological polar surface area (TPSA) is 39.1 Å². The molecule has 21 heavy (non-hydrogen) atoms. The lowest BCUT2D eigenvalue weighted by Crippen LogP contribution is -2.11. The van der Waals surface area contributed by atoms with Crippen molar-refractivity contribution >= 4 is 17.3 Å². The maximum atomic E-state index is 5.40. The first-order chi connectivity index (χ1) is 10.1. The molecule has 0 fully saturated rings. The minimum Gasteiger partial charge on any atom is -0.382 e. The van der Waals surface area contributed by atoms with Crippen LogP contribution < -0.4 is 5.32 Å². The fraction of sp³-hybridized carbons (Fsp3) is 0.562. The number of aromatic nitrogens is 2. The molecular weight excluding hydrogens is 282 g/mol. The molecule has 1 unspecified atom stereocenters. The van der Waals surface area contributed by atoms with Crippen LogP contribution in [-0.4, -0.2) is 22.8 Å². The highest BCUT2D eigenvalue weighted by Gasteiger charge is 2.12. The van der Waals surface area contributed by atoms with Crippen molar-refractivity contribution in [3.05, 3.63) is 33.8 Å². The Kier molecular flexibility index (Phi) is 5.82. The van der Waals surface area contributed by atoms with Gasteiger partial charge in [-0.25, -0.2) is 4.98 Å². The van der Waals surface area contributed by atoms with E-state index in [9.17, 15) is 0 Å². The molecule has 4 nitrogen and oxygen atoms in total.